The fourth-order valence-electron chi connectivity index (χ4n) is 1.41. The molecule has 0 saturated heterocycles. The van der Waals surface area contributed by atoms with Crippen LogP contribution in [-0.2, 0) is 6.61 Å². The number of nitrogens with two attached hydrogens (primary N) is 1. The molecule has 4 heteroatoms. The number of hydrogen-bond acceptors (Lipinski definition) is 3. The Morgan fingerprint density at radius 3 is 2.41 bits per heavy atom. The van der Waals surface area contributed by atoms with Gasteiger partial charge in [-0.3, -0.25) is 0 Å². The van der Waals surface area contributed by atoms with Gasteiger partial charge in [0.25, 0.3) is 0 Å². The average molecular weight is 250 g/mol. The van der Waals surface area contributed by atoms with E-state index < -0.39 is 0 Å². The van der Waals surface area contributed by atoms with Crippen molar-refractivity contribution in [2.24, 2.45) is 0 Å². The van der Waals surface area contributed by atoms with Crippen molar-refractivity contribution in [3.63, 3.8) is 0 Å². The highest BCUT2D eigenvalue weighted by Crippen LogP contribution is 2.34. The maximum Gasteiger partial charge on any atom is 0.168 e. The minimum Gasteiger partial charge on any atom is -0.454 e. The molecule has 0 amide bonds. The summed E-state index contributed by atoms with van der Waals surface area (Å²) in [5, 5.41) is 9.39. The van der Waals surface area contributed by atoms with Crippen LogP contribution >= 0.6 is 11.6 Å². The predicted molar refractivity (Wildman–Crippen MR) is 68.3 cm³/mol. The summed E-state index contributed by atoms with van der Waals surface area (Å²) >= 11 is 5.99. The van der Waals surface area contributed by atoms with E-state index in [0.29, 0.717) is 22.2 Å². The molecule has 0 bridgehead atoms. The van der Waals surface area contributed by atoms with Gasteiger partial charge >= 0.3 is 0 Å². The number of para-hydroxylation sites is 1. The quantitative estimate of drug-likeness (QED) is 0.822. The summed E-state index contributed by atoms with van der Waals surface area (Å²) in [6, 6.07) is 12.3. The maximum absolute atomic E-state index is 8.92. The van der Waals surface area contributed by atoms with Crippen molar-refractivity contribution in [1.82, 2.24) is 0 Å². The van der Waals surface area contributed by atoms with Crippen molar-refractivity contribution >= 4 is 17.3 Å². The molecule has 3 N–H and O–H groups in total. The summed E-state index contributed by atoms with van der Waals surface area (Å²) in [6.45, 7) is 0.00844. The van der Waals surface area contributed by atoms with E-state index in [1.807, 2.05) is 0 Å². The number of halogens is 1. The average Bonchev–Trinajstić information content (AvgIpc) is 2.35. The topological polar surface area (TPSA) is 55.5 Å². The molecule has 0 spiro atoms. The van der Waals surface area contributed by atoms with Gasteiger partial charge in [0, 0.05) is 0 Å². The zero-order chi connectivity index (χ0) is 12.3. The molecule has 0 heterocycles. The van der Waals surface area contributed by atoms with Crippen LogP contribution in [0.1, 0.15) is 5.56 Å². The van der Waals surface area contributed by atoms with Crippen LogP contribution in [-0.4, -0.2) is 5.11 Å². The highest BCUT2D eigenvalue weighted by atomic mass is 35.5. The molecule has 0 aliphatic carbocycles. The highest BCUT2D eigenvalue weighted by Gasteiger charge is 2.06. The standard InChI is InChI=1S/C13H12ClNO2/c14-11-2-1-3-12(15)13(11)17-10-6-4-9(8-16)5-7-10/h1-7,16H,8,15H2. The van der Waals surface area contributed by atoms with Crippen molar-refractivity contribution in [2.75, 3.05) is 5.73 Å². The van der Waals surface area contributed by atoms with Gasteiger partial charge in [0.2, 0.25) is 0 Å². The smallest absolute Gasteiger partial charge is 0.168 e. The lowest BCUT2D eigenvalue weighted by atomic mass is 10.2. The number of aliphatic hydroxyl groups excluding tert-OH is 1. The van der Waals surface area contributed by atoms with Crippen LogP contribution < -0.4 is 10.5 Å². The summed E-state index contributed by atoms with van der Waals surface area (Å²) in [7, 11) is 0. The van der Waals surface area contributed by atoms with Crippen LogP contribution in [0.5, 0.6) is 11.5 Å². The van der Waals surface area contributed by atoms with E-state index in [1.165, 1.54) is 0 Å². The number of hydrogen-bond donors (Lipinski definition) is 2. The highest BCUT2D eigenvalue weighted by molar-refractivity contribution is 6.32. The maximum atomic E-state index is 8.92. The first-order valence-corrected chi connectivity index (χ1v) is 5.50. The first-order chi connectivity index (χ1) is 8.20. The van der Waals surface area contributed by atoms with E-state index in [2.05, 4.69) is 0 Å². The molecule has 2 rings (SSSR count). The molecule has 2 aromatic carbocycles. The van der Waals surface area contributed by atoms with Gasteiger partial charge < -0.3 is 15.6 Å². The lowest BCUT2D eigenvalue weighted by Gasteiger charge is -2.10. The fraction of sp³-hybridized carbons (Fsp3) is 0.0769. The van der Waals surface area contributed by atoms with Gasteiger partial charge in [-0.05, 0) is 29.8 Å². The second-order valence-electron chi connectivity index (χ2n) is 3.56. The minimum absolute atomic E-state index is 0.00844. The van der Waals surface area contributed by atoms with E-state index in [1.54, 1.807) is 42.5 Å². The van der Waals surface area contributed by atoms with Crippen LogP contribution in [0.25, 0.3) is 0 Å². The molecule has 88 valence electrons. The molecule has 0 atom stereocenters. The molecule has 0 aromatic heterocycles. The number of rotatable bonds is 3. The van der Waals surface area contributed by atoms with Crippen molar-refractivity contribution in [2.45, 2.75) is 6.61 Å². The summed E-state index contributed by atoms with van der Waals surface area (Å²) in [5.41, 5.74) is 7.09. The first-order valence-electron chi connectivity index (χ1n) is 5.12. The third-order valence-corrected chi connectivity index (χ3v) is 2.62. The van der Waals surface area contributed by atoms with Crippen molar-refractivity contribution in [3.8, 4) is 11.5 Å². The van der Waals surface area contributed by atoms with Crippen LogP contribution in [0, 0.1) is 0 Å². The van der Waals surface area contributed by atoms with Crippen LogP contribution in [0.15, 0.2) is 42.5 Å². The van der Waals surface area contributed by atoms with Crippen molar-refractivity contribution in [1.29, 1.82) is 0 Å². The molecule has 0 aliphatic heterocycles. The Bertz CT molecular complexity index is 491. The molecular weight excluding hydrogens is 238 g/mol. The van der Waals surface area contributed by atoms with Gasteiger partial charge in [-0.25, -0.2) is 0 Å². The van der Waals surface area contributed by atoms with Crippen LogP contribution in [0.4, 0.5) is 5.69 Å². The monoisotopic (exact) mass is 249 g/mol. The fourth-order valence-corrected chi connectivity index (χ4v) is 1.63. The zero-order valence-electron chi connectivity index (χ0n) is 9.06. The van der Waals surface area contributed by atoms with E-state index in [-0.39, 0.29) is 6.61 Å². The Labute approximate surface area is 104 Å². The third-order valence-electron chi connectivity index (χ3n) is 2.32. The number of aliphatic hydroxyl groups is 1. The molecule has 0 unspecified atom stereocenters. The van der Waals surface area contributed by atoms with Gasteiger partial charge in [-0.15, -0.1) is 0 Å². The first kappa shape index (κ1) is 11.8. The Kier molecular flexibility index (Phi) is 3.52. The van der Waals surface area contributed by atoms with Gasteiger partial charge in [0.1, 0.15) is 5.75 Å². The van der Waals surface area contributed by atoms with Gasteiger partial charge in [-0.2, -0.15) is 0 Å². The lowest BCUT2D eigenvalue weighted by molar-refractivity contribution is 0.281. The predicted octanol–water partition coefficient (Wildman–Crippen LogP) is 3.21. The molecule has 2 aromatic rings. The van der Waals surface area contributed by atoms with Gasteiger partial charge in [-0.1, -0.05) is 29.8 Å². The number of anilines is 1. The lowest BCUT2D eigenvalue weighted by Crippen LogP contribution is -1.93. The second kappa shape index (κ2) is 5.08. The molecular formula is C13H12ClNO2. The van der Waals surface area contributed by atoms with E-state index in [0.717, 1.165) is 5.56 Å². The van der Waals surface area contributed by atoms with Gasteiger partial charge in [0.05, 0.1) is 17.3 Å². The molecule has 3 nitrogen and oxygen atoms in total. The summed E-state index contributed by atoms with van der Waals surface area (Å²) < 4.78 is 5.60. The van der Waals surface area contributed by atoms with Gasteiger partial charge in [0.15, 0.2) is 5.75 Å². The Morgan fingerprint density at radius 2 is 1.82 bits per heavy atom. The molecule has 0 fully saturated rings. The number of benzene rings is 2. The van der Waals surface area contributed by atoms with Crippen molar-refractivity contribution in [3.05, 3.63) is 53.1 Å². The largest absolute Gasteiger partial charge is 0.454 e. The zero-order valence-corrected chi connectivity index (χ0v) is 9.82. The van der Waals surface area contributed by atoms with E-state index in [9.17, 15) is 0 Å². The SMILES string of the molecule is Nc1cccc(Cl)c1Oc1ccc(CO)cc1. The summed E-state index contributed by atoms with van der Waals surface area (Å²) in [4.78, 5) is 0. The second-order valence-corrected chi connectivity index (χ2v) is 3.97. The van der Waals surface area contributed by atoms with Crippen molar-refractivity contribution < 1.29 is 9.84 Å². The number of nitrogen functional groups attached to an aromatic ring is 1. The molecule has 0 aliphatic rings. The Balaban J connectivity index is 2.25. The minimum atomic E-state index is 0.00844. The normalized spacial score (nSPS) is 10.2. The Hall–Kier alpha value is -1.71. The molecule has 0 saturated carbocycles. The Morgan fingerprint density at radius 1 is 1.12 bits per heavy atom. The molecule has 17 heavy (non-hydrogen) atoms. The van der Waals surface area contributed by atoms with Crippen LogP contribution in [0.2, 0.25) is 5.02 Å². The third kappa shape index (κ3) is 2.70. The molecule has 0 radical (unpaired) electrons. The van der Waals surface area contributed by atoms with E-state index in [4.69, 9.17) is 27.2 Å². The number of ether oxygens (including phenoxy) is 1. The summed E-state index contributed by atoms with van der Waals surface area (Å²) in [5.74, 6) is 1.08. The van der Waals surface area contributed by atoms with E-state index >= 15 is 0 Å². The summed E-state index contributed by atoms with van der Waals surface area (Å²) in [6.07, 6.45) is 0. The van der Waals surface area contributed by atoms with Crippen LogP contribution in [0.3, 0.4) is 0 Å².